The Labute approximate surface area is 106 Å². The van der Waals surface area contributed by atoms with Crippen LogP contribution in [-0.2, 0) is 6.54 Å². The minimum atomic E-state index is -0.324. The highest BCUT2D eigenvalue weighted by Gasteiger charge is 2.22. The van der Waals surface area contributed by atoms with Crippen LogP contribution in [0, 0.1) is 0 Å². The lowest BCUT2D eigenvalue weighted by Gasteiger charge is -2.21. The van der Waals surface area contributed by atoms with Crippen LogP contribution in [0.3, 0.4) is 0 Å². The normalized spacial score (nSPS) is 19.3. The van der Waals surface area contributed by atoms with E-state index < -0.39 is 0 Å². The number of rotatable bonds is 5. The highest BCUT2D eigenvalue weighted by atomic mass is 16.5. The molecule has 0 bridgehead atoms. The highest BCUT2D eigenvalue weighted by molar-refractivity contribution is 5.89. The molecule has 0 saturated heterocycles. The van der Waals surface area contributed by atoms with E-state index in [-0.39, 0.29) is 11.7 Å². The van der Waals surface area contributed by atoms with Crippen LogP contribution < -0.4 is 5.32 Å². The number of amides is 1. The fourth-order valence-electron chi connectivity index (χ4n) is 2.06. The lowest BCUT2D eigenvalue weighted by atomic mass is 10.1. The second-order valence-corrected chi connectivity index (χ2v) is 4.30. The van der Waals surface area contributed by atoms with E-state index in [0.717, 1.165) is 19.4 Å². The fourth-order valence-corrected chi connectivity index (χ4v) is 2.06. The summed E-state index contributed by atoms with van der Waals surface area (Å²) in [5, 5.41) is 6.12. The summed E-state index contributed by atoms with van der Waals surface area (Å²) < 4.78 is 5.08. The van der Waals surface area contributed by atoms with Gasteiger partial charge in [0.2, 0.25) is 5.89 Å². The van der Waals surface area contributed by atoms with E-state index in [1.54, 1.807) is 7.05 Å². The standard InChI is InChI=1S/C12H18N4O2/c1-3-5-9-6-4-7-16(9)8-10-14-11(15-18-10)12(17)13-2/h4,6,9H,3,5,7-8H2,1-2H3,(H,13,17). The third-order valence-corrected chi connectivity index (χ3v) is 2.99. The predicted molar refractivity (Wildman–Crippen MR) is 65.9 cm³/mol. The van der Waals surface area contributed by atoms with Crippen LogP contribution in [-0.4, -0.2) is 40.6 Å². The first kappa shape index (κ1) is 12.8. The van der Waals surface area contributed by atoms with Gasteiger partial charge in [-0.2, -0.15) is 4.98 Å². The Hall–Kier alpha value is -1.69. The molecule has 6 heteroatoms. The molecule has 2 heterocycles. The summed E-state index contributed by atoms with van der Waals surface area (Å²) in [5.41, 5.74) is 0. The quantitative estimate of drug-likeness (QED) is 0.788. The van der Waals surface area contributed by atoms with Crippen molar-refractivity contribution in [1.29, 1.82) is 0 Å². The molecule has 1 aliphatic rings. The molecule has 0 saturated carbocycles. The van der Waals surface area contributed by atoms with Gasteiger partial charge in [0, 0.05) is 19.6 Å². The van der Waals surface area contributed by atoms with Gasteiger partial charge < -0.3 is 9.84 Å². The molecule has 1 atom stereocenters. The average Bonchev–Trinajstić information content (AvgIpc) is 3.00. The Bertz CT molecular complexity index is 441. The van der Waals surface area contributed by atoms with Crippen LogP contribution in [0.1, 0.15) is 36.3 Å². The van der Waals surface area contributed by atoms with Crippen LogP contribution in [0.2, 0.25) is 0 Å². The smallest absolute Gasteiger partial charge is 0.292 e. The van der Waals surface area contributed by atoms with Crippen molar-refractivity contribution >= 4 is 5.91 Å². The maximum atomic E-state index is 11.3. The summed E-state index contributed by atoms with van der Waals surface area (Å²) in [6, 6.07) is 0.436. The third-order valence-electron chi connectivity index (χ3n) is 2.99. The molecule has 0 aromatic carbocycles. The second-order valence-electron chi connectivity index (χ2n) is 4.30. The Kier molecular flexibility index (Phi) is 4.09. The van der Waals surface area contributed by atoms with Gasteiger partial charge in [-0.05, 0) is 6.42 Å². The molecule has 1 aromatic heterocycles. The van der Waals surface area contributed by atoms with E-state index in [1.807, 2.05) is 0 Å². The highest BCUT2D eigenvalue weighted by Crippen LogP contribution is 2.17. The van der Waals surface area contributed by atoms with Gasteiger partial charge in [0.15, 0.2) is 0 Å². The fraction of sp³-hybridized carbons (Fsp3) is 0.583. The van der Waals surface area contributed by atoms with Crippen molar-refractivity contribution in [1.82, 2.24) is 20.4 Å². The summed E-state index contributed by atoms with van der Waals surface area (Å²) in [7, 11) is 1.54. The minimum absolute atomic E-state index is 0.0895. The lowest BCUT2D eigenvalue weighted by Crippen LogP contribution is -2.29. The molecular weight excluding hydrogens is 232 g/mol. The Morgan fingerprint density at radius 3 is 3.22 bits per heavy atom. The van der Waals surface area contributed by atoms with Gasteiger partial charge in [0.1, 0.15) is 0 Å². The maximum Gasteiger partial charge on any atom is 0.292 e. The van der Waals surface area contributed by atoms with E-state index in [9.17, 15) is 4.79 Å². The van der Waals surface area contributed by atoms with Crippen LogP contribution in [0.25, 0.3) is 0 Å². The van der Waals surface area contributed by atoms with E-state index in [2.05, 4.69) is 39.4 Å². The number of aromatic nitrogens is 2. The van der Waals surface area contributed by atoms with E-state index in [0.29, 0.717) is 18.5 Å². The Morgan fingerprint density at radius 1 is 1.67 bits per heavy atom. The molecule has 0 radical (unpaired) electrons. The van der Waals surface area contributed by atoms with E-state index in [1.165, 1.54) is 0 Å². The third kappa shape index (κ3) is 2.76. The Balaban J connectivity index is 1.97. The first-order chi connectivity index (χ1) is 8.74. The van der Waals surface area contributed by atoms with Crippen LogP contribution in [0.15, 0.2) is 16.7 Å². The topological polar surface area (TPSA) is 71.3 Å². The molecule has 1 aromatic rings. The first-order valence-electron chi connectivity index (χ1n) is 6.20. The molecule has 18 heavy (non-hydrogen) atoms. The zero-order valence-corrected chi connectivity index (χ0v) is 10.7. The Morgan fingerprint density at radius 2 is 2.50 bits per heavy atom. The molecule has 2 rings (SSSR count). The van der Waals surface area contributed by atoms with Gasteiger partial charge in [-0.15, -0.1) is 0 Å². The summed E-state index contributed by atoms with van der Waals surface area (Å²) in [6.45, 7) is 3.64. The molecule has 0 spiro atoms. The van der Waals surface area contributed by atoms with Crippen molar-refractivity contribution in [3.63, 3.8) is 0 Å². The predicted octanol–water partition coefficient (Wildman–Crippen LogP) is 0.970. The van der Waals surface area contributed by atoms with Crippen molar-refractivity contribution < 1.29 is 9.32 Å². The number of nitrogens with zero attached hydrogens (tertiary/aromatic N) is 3. The first-order valence-corrected chi connectivity index (χ1v) is 6.20. The van der Waals surface area contributed by atoms with Gasteiger partial charge in [-0.1, -0.05) is 30.7 Å². The zero-order chi connectivity index (χ0) is 13.0. The molecule has 6 nitrogen and oxygen atoms in total. The summed E-state index contributed by atoms with van der Waals surface area (Å²) in [4.78, 5) is 17.6. The lowest BCUT2D eigenvalue weighted by molar-refractivity contribution is 0.0950. The number of hydrogen-bond donors (Lipinski definition) is 1. The van der Waals surface area contributed by atoms with Gasteiger partial charge >= 0.3 is 0 Å². The number of hydrogen-bond acceptors (Lipinski definition) is 5. The number of carbonyl (C=O) groups is 1. The summed E-state index contributed by atoms with van der Waals surface area (Å²) >= 11 is 0. The molecule has 1 N–H and O–H groups in total. The zero-order valence-electron chi connectivity index (χ0n) is 10.7. The van der Waals surface area contributed by atoms with Crippen molar-refractivity contribution in [2.75, 3.05) is 13.6 Å². The monoisotopic (exact) mass is 250 g/mol. The van der Waals surface area contributed by atoms with E-state index >= 15 is 0 Å². The molecular formula is C12H18N4O2. The molecule has 1 unspecified atom stereocenters. The van der Waals surface area contributed by atoms with E-state index in [4.69, 9.17) is 4.52 Å². The van der Waals surface area contributed by atoms with Crippen molar-refractivity contribution in [2.24, 2.45) is 0 Å². The molecule has 98 valence electrons. The molecule has 0 aliphatic carbocycles. The minimum Gasteiger partial charge on any atom is -0.352 e. The van der Waals surface area contributed by atoms with Gasteiger partial charge in [-0.25, -0.2) is 0 Å². The van der Waals surface area contributed by atoms with Crippen molar-refractivity contribution in [3.05, 3.63) is 23.9 Å². The molecule has 1 amide bonds. The largest absolute Gasteiger partial charge is 0.352 e. The number of nitrogens with one attached hydrogen (secondary N) is 1. The SMILES string of the molecule is CCCC1C=CCN1Cc1nc(C(=O)NC)no1. The van der Waals surface area contributed by atoms with Crippen LogP contribution in [0.5, 0.6) is 0 Å². The van der Waals surface area contributed by atoms with Gasteiger partial charge in [0.25, 0.3) is 11.7 Å². The summed E-state index contributed by atoms with van der Waals surface area (Å²) in [6.07, 6.45) is 6.61. The average molecular weight is 250 g/mol. The van der Waals surface area contributed by atoms with Crippen molar-refractivity contribution in [3.8, 4) is 0 Å². The second kappa shape index (κ2) is 5.77. The molecule has 0 fully saturated rings. The van der Waals surface area contributed by atoms with Crippen molar-refractivity contribution in [2.45, 2.75) is 32.4 Å². The maximum absolute atomic E-state index is 11.3. The van der Waals surface area contributed by atoms with Gasteiger partial charge in [-0.3, -0.25) is 9.69 Å². The number of carbonyl (C=O) groups excluding carboxylic acids is 1. The summed E-state index contributed by atoms with van der Waals surface area (Å²) in [5.74, 6) is 0.250. The molecule has 1 aliphatic heterocycles. The van der Waals surface area contributed by atoms with Crippen LogP contribution in [0.4, 0.5) is 0 Å². The van der Waals surface area contributed by atoms with Crippen LogP contribution >= 0.6 is 0 Å². The van der Waals surface area contributed by atoms with Gasteiger partial charge in [0.05, 0.1) is 6.54 Å².